The van der Waals surface area contributed by atoms with Gasteiger partial charge >= 0.3 is 5.97 Å². The molecule has 6 aliphatic rings. The first-order chi connectivity index (χ1) is 20.5. The Morgan fingerprint density at radius 3 is 2.47 bits per heavy atom. The molecule has 1 spiro atoms. The number of carbonyl (C=O) groups excluding carboxylic acids is 1. The van der Waals surface area contributed by atoms with Gasteiger partial charge in [0, 0.05) is 32.4 Å². The van der Waals surface area contributed by atoms with E-state index in [4.69, 9.17) is 14.2 Å². The molecule has 5 heteroatoms. The first-order valence-electron chi connectivity index (χ1n) is 18.6. The third kappa shape index (κ3) is 5.52. The van der Waals surface area contributed by atoms with Crippen molar-refractivity contribution < 1.29 is 19.0 Å². The van der Waals surface area contributed by atoms with Crippen molar-refractivity contribution in [2.75, 3.05) is 31.3 Å². The highest BCUT2D eigenvalue weighted by Crippen LogP contribution is 2.70. The summed E-state index contributed by atoms with van der Waals surface area (Å²) in [5.74, 6) is 3.78. The highest BCUT2D eigenvalue weighted by molar-refractivity contribution is 7.75. The molecule has 43 heavy (non-hydrogen) atoms. The van der Waals surface area contributed by atoms with Crippen LogP contribution in [0.5, 0.6) is 0 Å². The zero-order valence-corrected chi connectivity index (χ0v) is 29.7. The second-order valence-electron chi connectivity index (χ2n) is 16.6. The lowest BCUT2D eigenvalue weighted by atomic mass is 9.47. The topological polar surface area (TPSA) is 44.8 Å². The highest BCUT2D eigenvalue weighted by atomic mass is 31.2. The van der Waals surface area contributed by atoms with Crippen LogP contribution in [0, 0.1) is 46.3 Å². The van der Waals surface area contributed by atoms with E-state index in [1.54, 1.807) is 5.57 Å². The summed E-state index contributed by atoms with van der Waals surface area (Å²) in [5.41, 5.74) is 2.24. The molecule has 0 unspecified atom stereocenters. The van der Waals surface area contributed by atoms with Crippen molar-refractivity contribution in [2.45, 2.75) is 144 Å². The van der Waals surface area contributed by atoms with Crippen LogP contribution in [0.3, 0.4) is 0 Å². The third-order valence-electron chi connectivity index (χ3n) is 14.9. The quantitative estimate of drug-likeness (QED) is 0.112. The lowest BCUT2D eigenvalue weighted by Gasteiger charge is -2.58. The monoisotopic (exact) mass is 615 g/mol. The molecule has 4 aliphatic carbocycles. The number of allylic oxidation sites excluding steroid dienone is 1. The average molecular weight is 616 g/mol. The van der Waals surface area contributed by atoms with Crippen LogP contribution in [0.2, 0.25) is 0 Å². The van der Waals surface area contributed by atoms with Crippen molar-refractivity contribution in [1.29, 1.82) is 0 Å². The van der Waals surface area contributed by atoms with Crippen molar-refractivity contribution >= 4 is 13.2 Å². The summed E-state index contributed by atoms with van der Waals surface area (Å²) in [4.78, 5) is 12.9. The Kier molecular flexibility index (Phi) is 9.30. The second kappa shape index (κ2) is 12.3. The fourth-order valence-corrected chi connectivity index (χ4v) is 15.0. The minimum atomic E-state index is -0.772. The first kappa shape index (κ1) is 32.5. The number of rotatable bonds is 9. The van der Waals surface area contributed by atoms with Crippen LogP contribution in [-0.4, -0.2) is 55.2 Å². The summed E-state index contributed by atoms with van der Waals surface area (Å²) in [6.07, 6.45) is 21.8. The Hall–Kier alpha value is -0.440. The fraction of sp³-hybridized carbons (Fsp3) is 0.921. The number of ether oxygens (including phenoxy) is 3. The molecule has 2 heterocycles. The average Bonchev–Trinajstić information content (AvgIpc) is 3.45. The maximum absolute atomic E-state index is 12.9. The van der Waals surface area contributed by atoms with Crippen molar-refractivity contribution in [1.82, 2.24) is 0 Å². The summed E-state index contributed by atoms with van der Waals surface area (Å²) in [7, 11) is -0.772. The van der Waals surface area contributed by atoms with Crippen molar-refractivity contribution in [3.8, 4) is 0 Å². The van der Waals surface area contributed by atoms with Crippen LogP contribution in [0.15, 0.2) is 11.6 Å². The summed E-state index contributed by atoms with van der Waals surface area (Å²) >= 11 is 0. The molecule has 2 saturated heterocycles. The lowest BCUT2D eigenvalue weighted by Crippen LogP contribution is -2.52. The molecule has 11 atom stereocenters. The number of hydrogen-bond acceptors (Lipinski definition) is 4. The molecule has 6 rings (SSSR count). The minimum Gasteiger partial charge on any atom is -0.462 e. The predicted molar refractivity (Wildman–Crippen MR) is 179 cm³/mol. The van der Waals surface area contributed by atoms with Gasteiger partial charge in [-0.3, -0.25) is 4.79 Å². The summed E-state index contributed by atoms with van der Waals surface area (Å²) < 4.78 is 19.7. The van der Waals surface area contributed by atoms with E-state index in [0.29, 0.717) is 35.7 Å². The standard InChI is InChI=1S/C38H64O4P/c1-8-43(9-2,10-3)22-12-11-13-34(39)41-29-17-19-36(6)28(23-29)14-15-30-31(36)18-20-37(7)32(30)24-33-35(37)27(5)38(42-33)21-16-26(4)25-40-38/h14,26-27,29-33,35H,8-13,15-25H2,1-7H3/q+1/t26-,27+,29+,30-,31+,32+,33+,35+,36+,37+,38-/m1/s1. The molecular formula is C38H64O4P+. The van der Waals surface area contributed by atoms with E-state index in [1.807, 2.05) is 0 Å². The Bertz CT molecular complexity index is 1030. The Morgan fingerprint density at radius 1 is 1.00 bits per heavy atom. The molecule has 0 aromatic heterocycles. The van der Waals surface area contributed by atoms with E-state index >= 15 is 0 Å². The van der Waals surface area contributed by atoms with Gasteiger partial charge in [0.05, 0.1) is 37.4 Å². The van der Waals surface area contributed by atoms with Crippen molar-refractivity contribution in [3.63, 3.8) is 0 Å². The van der Waals surface area contributed by atoms with Crippen LogP contribution < -0.4 is 0 Å². The summed E-state index contributed by atoms with van der Waals surface area (Å²) in [5, 5.41) is 0. The number of hydrogen-bond donors (Lipinski definition) is 0. The van der Waals surface area contributed by atoms with E-state index in [2.05, 4.69) is 54.5 Å². The van der Waals surface area contributed by atoms with Gasteiger partial charge in [-0.1, -0.05) is 39.3 Å². The van der Waals surface area contributed by atoms with E-state index in [-0.39, 0.29) is 23.3 Å². The van der Waals surface area contributed by atoms with Crippen molar-refractivity contribution in [3.05, 3.63) is 11.6 Å². The van der Waals surface area contributed by atoms with Crippen LogP contribution in [-0.2, 0) is 19.0 Å². The molecule has 0 N–H and O–H groups in total. The molecule has 244 valence electrons. The second-order valence-corrected chi connectivity index (χ2v) is 21.6. The third-order valence-corrected chi connectivity index (χ3v) is 20.2. The Balaban J connectivity index is 1.05. The highest BCUT2D eigenvalue weighted by Gasteiger charge is 2.68. The molecule has 0 amide bonds. The first-order valence-corrected chi connectivity index (χ1v) is 21.1. The molecule has 5 fully saturated rings. The Morgan fingerprint density at radius 2 is 1.77 bits per heavy atom. The summed E-state index contributed by atoms with van der Waals surface area (Å²) in [6, 6.07) is 0. The summed E-state index contributed by atoms with van der Waals surface area (Å²) in [6.45, 7) is 17.9. The number of carbonyl (C=O) groups is 1. The number of esters is 1. The van der Waals surface area contributed by atoms with Gasteiger partial charge in [0.2, 0.25) is 0 Å². The van der Waals surface area contributed by atoms with Crippen LogP contribution in [0.4, 0.5) is 0 Å². The number of fused-ring (bicyclic) bond motifs is 7. The van der Waals surface area contributed by atoms with E-state index in [9.17, 15) is 4.79 Å². The number of unbranched alkanes of at least 4 members (excludes halogenated alkanes) is 1. The molecule has 0 bridgehead atoms. The molecule has 2 aliphatic heterocycles. The van der Waals surface area contributed by atoms with Gasteiger partial charge in [-0.15, -0.1) is 0 Å². The largest absolute Gasteiger partial charge is 0.462 e. The SMILES string of the molecule is CC[P+](CC)(CC)CCCCC(=O)O[C@H]1CC[C@@]2(C)C(=CC[C@H]3[C@@H]4C[C@@H]5O[C@]6(CC[C@@H](C)CO6)[C@@H](C)[C@@H]5[C@@]4(C)CC[C@@H]32)C1. The lowest BCUT2D eigenvalue weighted by molar-refractivity contribution is -0.272. The van der Waals surface area contributed by atoms with Gasteiger partial charge in [-0.25, -0.2) is 0 Å². The zero-order valence-electron chi connectivity index (χ0n) is 28.8. The molecular weight excluding hydrogens is 551 g/mol. The van der Waals surface area contributed by atoms with Gasteiger partial charge in [0.25, 0.3) is 0 Å². The van der Waals surface area contributed by atoms with Crippen LogP contribution in [0.1, 0.15) is 126 Å². The molecule has 0 radical (unpaired) electrons. The van der Waals surface area contributed by atoms with Gasteiger partial charge < -0.3 is 14.2 Å². The Labute approximate surface area is 264 Å². The van der Waals surface area contributed by atoms with Crippen LogP contribution >= 0.6 is 7.26 Å². The fourth-order valence-electron chi connectivity index (χ4n) is 11.9. The van der Waals surface area contributed by atoms with Gasteiger partial charge in [0.15, 0.2) is 5.79 Å². The van der Waals surface area contributed by atoms with E-state index < -0.39 is 7.26 Å². The molecule has 0 aromatic rings. The van der Waals surface area contributed by atoms with Gasteiger partial charge in [-0.2, -0.15) is 0 Å². The minimum absolute atomic E-state index is 0.0468. The predicted octanol–water partition coefficient (Wildman–Crippen LogP) is 9.51. The van der Waals surface area contributed by atoms with Crippen LogP contribution in [0.25, 0.3) is 0 Å². The molecule has 3 saturated carbocycles. The van der Waals surface area contributed by atoms with E-state index in [0.717, 1.165) is 50.0 Å². The maximum Gasteiger partial charge on any atom is 0.306 e. The normalized spacial score (nSPS) is 45.6. The maximum atomic E-state index is 12.9. The van der Waals surface area contributed by atoms with E-state index in [1.165, 1.54) is 69.6 Å². The van der Waals surface area contributed by atoms with Crippen molar-refractivity contribution in [2.24, 2.45) is 46.3 Å². The smallest absolute Gasteiger partial charge is 0.306 e. The van der Waals surface area contributed by atoms with Gasteiger partial charge in [-0.05, 0) is 119 Å². The zero-order chi connectivity index (χ0) is 30.6. The molecule has 0 aromatic carbocycles. The molecule has 4 nitrogen and oxygen atoms in total. The van der Waals surface area contributed by atoms with Gasteiger partial charge in [0.1, 0.15) is 6.10 Å².